The fourth-order valence-corrected chi connectivity index (χ4v) is 0.417. The minimum Gasteiger partial charge on any atom is -0.552 e. The second-order valence-corrected chi connectivity index (χ2v) is 1.50. The van der Waals surface area contributed by atoms with Crippen LogP contribution in [-0.2, 0) is 4.74 Å². The van der Waals surface area contributed by atoms with E-state index in [1.165, 1.54) is 6.42 Å². The first kappa shape index (κ1) is 13.0. The van der Waals surface area contributed by atoms with Crippen molar-refractivity contribution in [2.24, 2.45) is 0 Å². The average Bonchev–Trinajstić information content (AvgIpc) is 2.17. The van der Waals surface area contributed by atoms with Gasteiger partial charge in [-0.25, -0.2) is 6.61 Å². The van der Waals surface area contributed by atoms with Gasteiger partial charge < -0.3 is 9.84 Å². The zero-order chi connectivity index (χ0) is 6.24. The number of hydrogen-bond acceptors (Lipinski definition) is 2. The van der Waals surface area contributed by atoms with Gasteiger partial charge in [0.15, 0.2) is 0 Å². The largest absolute Gasteiger partial charge is 0.552 e. The van der Waals surface area contributed by atoms with E-state index in [1.54, 1.807) is 6.92 Å². The fourth-order valence-electron chi connectivity index (χ4n) is 0.417. The Kier molecular flexibility index (Phi) is 17.4. The molecule has 0 aromatic heterocycles. The van der Waals surface area contributed by atoms with Crippen LogP contribution in [-0.4, -0.2) is 18.3 Å². The van der Waals surface area contributed by atoms with Crippen molar-refractivity contribution in [3.63, 3.8) is 0 Å². The molecule has 0 aliphatic carbocycles. The van der Waals surface area contributed by atoms with Gasteiger partial charge in [-0.1, -0.05) is 6.42 Å². The minimum atomic E-state index is 0. The third kappa shape index (κ3) is 12.5. The van der Waals surface area contributed by atoms with E-state index in [-0.39, 0.29) is 50.7 Å². The van der Waals surface area contributed by atoms with Gasteiger partial charge in [-0.15, -0.1) is 0 Å². The van der Waals surface area contributed by atoms with E-state index in [4.69, 9.17) is 9.84 Å². The van der Waals surface area contributed by atoms with Gasteiger partial charge in [-0.2, -0.15) is 6.42 Å². The third-order valence-electron chi connectivity index (χ3n) is 0.702. The first-order valence-electron chi connectivity index (χ1n) is 2.96. The normalized spacial score (nSPS) is 15.3. The molecule has 2 nitrogen and oxygen atoms in total. The van der Waals surface area contributed by atoms with Crippen LogP contribution in [0.4, 0.5) is 0 Å². The van der Waals surface area contributed by atoms with Crippen molar-refractivity contribution in [3.05, 3.63) is 6.61 Å². The summed E-state index contributed by atoms with van der Waals surface area (Å²) in [6.07, 6.45) is 2.38. The fraction of sp³-hybridized carbons (Fsp3) is 0.833. The van der Waals surface area contributed by atoms with Crippen LogP contribution in [0.2, 0.25) is 0 Å². The maximum Gasteiger partial charge on any atom is 0.0402 e. The van der Waals surface area contributed by atoms with Gasteiger partial charge in [0, 0.05) is 57.3 Å². The first-order valence-corrected chi connectivity index (χ1v) is 2.96. The van der Waals surface area contributed by atoms with E-state index in [0.29, 0.717) is 0 Å². The molecular formula is C6H13AcO2-. The van der Waals surface area contributed by atoms with Gasteiger partial charge in [0.25, 0.3) is 0 Å². The Labute approximate surface area is 92.5 Å². The average molecular weight is 344 g/mol. The maximum atomic E-state index is 7.57. The van der Waals surface area contributed by atoms with Crippen LogP contribution in [0.5, 0.6) is 0 Å². The van der Waals surface area contributed by atoms with Crippen LogP contribution >= 0.6 is 0 Å². The number of rotatable bonds is 0. The van der Waals surface area contributed by atoms with Crippen molar-refractivity contribution in [1.29, 1.82) is 0 Å². The molecule has 1 radical (unpaired) electrons. The molecule has 0 saturated carbocycles. The topological polar surface area (TPSA) is 29.5 Å². The summed E-state index contributed by atoms with van der Waals surface area (Å²) >= 11 is 0. The molecule has 0 aromatic rings. The molecular weight excluding hydrogens is 331 g/mol. The molecule has 1 heterocycles. The van der Waals surface area contributed by atoms with Crippen molar-refractivity contribution in [2.75, 3.05) is 13.2 Å². The van der Waals surface area contributed by atoms with Crippen LogP contribution in [0.25, 0.3) is 0 Å². The number of aliphatic hydroxyl groups is 1. The van der Waals surface area contributed by atoms with Gasteiger partial charge in [0.1, 0.15) is 0 Å². The van der Waals surface area contributed by atoms with Crippen molar-refractivity contribution < 1.29 is 53.9 Å². The molecule has 9 heavy (non-hydrogen) atoms. The molecule has 1 N–H and O–H groups in total. The quantitative estimate of drug-likeness (QED) is 0.664. The summed E-state index contributed by atoms with van der Waals surface area (Å²) in [4.78, 5) is 0. The minimum absolute atomic E-state index is 0. The summed E-state index contributed by atoms with van der Waals surface area (Å²) in [6, 6.07) is 0. The number of aliphatic hydroxyl groups excluding tert-OH is 1. The Morgan fingerprint density at radius 1 is 1.67 bits per heavy atom. The summed E-state index contributed by atoms with van der Waals surface area (Å²) in [5.41, 5.74) is 0. The van der Waals surface area contributed by atoms with Crippen molar-refractivity contribution in [1.82, 2.24) is 0 Å². The molecule has 0 bridgehead atoms. The van der Waals surface area contributed by atoms with Crippen molar-refractivity contribution in [3.8, 4) is 0 Å². The van der Waals surface area contributed by atoms with E-state index in [0.717, 1.165) is 13.0 Å². The first-order chi connectivity index (χ1) is 3.91. The van der Waals surface area contributed by atoms with E-state index >= 15 is 0 Å². The Hall–Kier alpha value is 1.36. The third-order valence-corrected chi connectivity index (χ3v) is 0.702. The molecule has 1 aliphatic heterocycles. The van der Waals surface area contributed by atoms with Crippen LogP contribution in [0.15, 0.2) is 0 Å². The molecule has 0 atom stereocenters. The molecule has 0 unspecified atom stereocenters. The molecule has 1 rings (SSSR count). The van der Waals surface area contributed by atoms with Crippen LogP contribution < -0.4 is 0 Å². The Balaban J connectivity index is 0. The van der Waals surface area contributed by atoms with Gasteiger partial charge in [0.05, 0.1) is 0 Å². The smallest absolute Gasteiger partial charge is 0.0402 e. The summed E-state index contributed by atoms with van der Waals surface area (Å²) in [5.74, 6) is 0. The SMILES string of the molecule is CCO.[Ac].[CH-]1CCCO1. The standard InChI is InChI=1S/C4H7O.C2H6O.Ac/c1-2-4-5-3-1;1-2-3;/h3H,1-2,4H2;3H,2H2,1H3;/q-1;;. The second-order valence-electron chi connectivity index (χ2n) is 1.50. The summed E-state index contributed by atoms with van der Waals surface area (Å²) in [7, 11) is 0. The van der Waals surface area contributed by atoms with Crippen molar-refractivity contribution in [2.45, 2.75) is 19.8 Å². The maximum absolute atomic E-state index is 7.57. The summed E-state index contributed by atoms with van der Waals surface area (Å²) in [6.45, 7) is 4.74. The van der Waals surface area contributed by atoms with Gasteiger partial charge in [-0.3, -0.25) is 0 Å². The second kappa shape index (κ2) is 12.1. The zero-order valence-electron chi connectivity index (χ0n) is 5.84. The van der Waals surface area contributed by atoms with E-state index in [2.05, 4.69) is 0 Å². The molecule has 53 valence electrons. The van der Waals surface area contributed by atoms with Gasteiger partial charge >= 0.3 is 0 Å². The van der Waals surface area contributed by atoms with Crippen molar-refractivity contribution >= 4 is 0 Å². The van der Waals surface area contributed by atoms with E-state index in [9.17, 15) is 0 Å². The molecule has 0 spiro atoms. The van der Waals surface area contributed by atoms with Crippen LogP contribution in [0.3, 0.4) is 0 Å². The Bertz CT molecular complexity index is 30.4. The predicted octanol–water partition coefficient (Wildman–Crippen LogP) is 0.957. The van der Waals surface area contributed by atoms with E-state index < -0.39 is 0 Å². The summed E-state index contributed by atoms with van der Waals surface area (Å²) in [5, 5.41) is 7.57. The molecule has 0 aromatic carbocycles. The summed E-state index contributed by atoms with van der Waals surface area (Å²) < 4.78 is 4.82. The monoisotopic (exact) mass is 344 g/mol. The van der Waals surface area contributed by atoms with E-state index in [1.807, 2.05) is 6.61 Å². The zero-order valence-corrected chi connectivity index (χ0v) is 10.6. The Morgan fingerprint density at radius 2 is 2.22 bits per heavy atom. The number of ether oxygens (including phenoxy) is 1. The van der Waals surface area contributed by atoms with Gasteiger partial charge in [-0.05, 0) is 6.92 Å². The Morgan fingerprint density at radius 3 is 2.33 bits per heavy atom. The van der Waals surface area contributed by atoms with Crippen LogP contribution in [0.1, 0.15) is 19.8 Å². The molecule has 0 amide bonds. The van der Waals surface area contributed by atoms with Crippen LogP contribution in [0, 0.1) is 50.7 Å². The van der Waals surface area contributed by atoms with Gasteiger partial charge in [0.2, 0.25) is 0 Å². The molecule has 1 aliphatic rings. The molecule has 1 fully saturated rings. The number of hydrogen-bond donors (Lipinski definition) is 1. The molecule has 3 heteroatoms. The molecule has 1 saturated heterocycles. The predicted molar refractivity (Wildman–Crippen MR) is 32.2 cm³/mol.